The van der Waals surface area contributed by atoms with Gasteiger partial charge < -0.3 is 5.32 Å². The lowest BCUT2D eigenvalue weighted by Gasteiger charge is -2.16. The third kappa shape index (κ3) is 3.31. The van der Waals surface area contributed by atoms with Gasteiger partial charge in [0.15, 0.2) is 9.84 Å². The molecule has 1 atom stereocenters. The van der Waals surface area contributed by atoms with Crippen molar-refractivity contribution in [1.82, 2.24) is 9.97 Å². The number of sulfone groups is 1. The third-order valence-electron chi connectivity index (χ3n) is 2.68. The van der Waals surface area contributed by atoms with Crippen LogP contribution in [0.5, 0.6) is 0 Å². The number of hydrogen-bond acceptors (Lipinski definition) is 5. The van der Waals surface area contributed by atoms with Crippen LogP contribution < -0.4 is 5.32 Å². The van der Waals surface area contributed by atoms with Gasteiger partial charge in [-0.15, -0.1) is 0 Å². The van der Waals surface area contributed by atoms with Gasteiger partial charge in [0, 0.05) is 13.3 Å². The highest BCUT2D eigenvalue weighted by Gasteiger charge is 2.23. The molecule has 0 bridgehead atoms. The third-order valence-corrected chi connectivity index (χ3v) is 5.24. The number of rotatable bonds is 4. The summed E-state index contributed by atoms with van der Waals surface area (Å²) in [6.45, 7) is 5.67. The zero-order valence-corrected chi connectivity index (χ0v) is 14.1. The quantitative estimate of drug-likeness (QED) is 0.809. The molecule has 0 saturated carbocycles. The Kier molecular flexibility index (Phi) is 4.93. The number of nitrogens with zero attached hydrogens (tertiary/aromatic N) is 2. The van der Waals surface area contributed by atoms with Crippen molar-refractivity contribution in [3.05, 3.63) is 15.1 Å². The molecule has 0 aliphatic rings. The van der Waals surface area contributed by atoms with Gasteiger partial charge in [0.05, 0.1) is 9.26 Å². The van der Waals surface area contributed by atoms with E-state index in [1.54, 1.807) is 14.0 Å². The molecular weight excluding hydrogens is 365 g/mol. The Morgan fingerprint density at radius 3 is 2.17 bits per heavy atom. The molecule has 1 rings (SSSR count). The van der Waals surface area contributed by atoms with Crippen LogP contribution in [0.3, 0.4) is 0 Å². The predicted molar refractivity (Wildman–Crippen MR) is 81.6 cm³/mol. The Hall–Kier alpha value is -0.440. The van der Waals surface area contributed by atoms with E-state index in [0.717, 1.165) is 9.26 Å². The van der Waals surface area contributed by atoms with E-state index in [4.69, 9.17) is 0 Å². The Balaban J connectivity index is 3.44. The van der Waals surface area contributed by atoms with E-state index in [1.165, 1.54) is 6.26 Å². The SMILES string of the molecule is CNc1nc(C(C)S(C)(=O)=O)nc(C(C)C)c1I. The molecule has 0 amide bonds. The first-order valence-electron chi connectivity index (χ1n) is 5.62. The average Bonchev–Trinajstić information content (AvgIpc) is 2.26. The van der Waals surface area contributed by atoms with Crippen LogP contribution in [0.1, 0.15) is 43.5 Å². The molecule has 1 unspecified atom stereocenters. The van der Waals surface area contributed by atoms with E-state index >= 15 is 0 Å². The molecule has 5 nitrogen and oxygen atoms in total. The van der Waals surface area contributed by atoms with Crippen LogP contribution in [-0.4, -0.2) is 31.7 Å². The molecule has 1 aromatic heterocycles. The highest BCUT2D eigenvalue weighted by atomic mass is 127. The Labute approximate surface area is 122 Å². The van der Waals surface area contributed by atoms with Gasteiger partial charge in [-0.1, -0.05) is 13.8 Å². The van der Waals surface area contributed by atoms with Gasteiger partial charge >= 0.3 is 0 Å². The van der Waals surface area contributed by atoms with Gasteiger partial charge in [0.1, 0.15) is 16.9 Å². The first-order valence-corrected chi connectivity index (χ1v) is 8.65. The summed E-state index contributed by atoms with van der Waals surface area (Å²) in [5.74, 6) is 1.25. The van der Waals surface area contributed by atoms with Crippen molar-refractivity contribution >= 4 is 38.2 Å². The Bertz CT molecular complexity index is 543. The smallest absolute Gasteiger partial charge is 0.157 e. The number of anilines is 1. The van der Waals surface area contributed by atoms with Gasteiger partial charge in [0.25, 0.3) is 0 Å². The second kappa shape index (κ2) is 5.68. The Morgan fingerprint density at radius 1 is 1.22 bits per heavy atom. The number of aromatic nitrogens is 2. The minimum Gasteiger partial charge on any atom is -0.372 e. The lowest BCUT2D eigenvalue weighted by Crippen LogP contribution is -2.15. The van der Waals surface area contributed by atoms with E-state index in [0.29, 0.717) is 11.6 Å². The lowest BCUT2D eigenvalue weighted by molar-refractivity contribution is 0.588. The number of nitrogens with one attached hydrogen (secondary N) is 1. The molecule has 1 aromatic rings. The van der Waals surface area contributed by atoms with Crippen LogP contribution in [0.4, 0.5) is 5.82 Å². The summed E-state index contributed by atoms with van der Waals surface area (Å²) < 4.78 is 24.1. The molecule has 0 aliphatic heterocycles. The summed E-state index contributed by atoms with van der Waals surface area (Å²) in [5, 5.41) is 2.29. The summed E-state index contributed by atoms with van der Waals surface area (Å²) in [6, 6.07) is 0. The van der Waals surface area contributed by atoms with Crippen molar-refractivity contribution in [3.8, 4) is 0 Å². The lowest BCUT2D eigenvalue weighted by atomic mass is 10.1. The molecule has 1 heterocycles. The Morgan fingerprint density at radius 2 is 1.78 bits per heavy atom. The van der Waals surface area contributed by atoms with Gasteiger partial charge in [-0.25, -0.2) is 18.4 Å². The van der Waals surface area contributed by atoms with Crippen LogP contribution in [0, 0.1) is 3.57 Å². The standard InChI is InChI=1S/C11H18IN3O2S/c1-6(2)9-8(12)11(13-4)15-10(14-9)7(3)18(5,16)17/h6-7H,1-5H3,(H,13,14,15). The molecule has 0 radical (unpaired) electrons. The maximum atomic E-state index is 11.6. The molecule has 0 saturated heterocycles. The molecule has 102 valence electrons. The van der Waals surface area contributed by atoms with Gasteiger partial charge in [-0.05, 0) is 35.4 Å². The minimum absolute atomic E-state index is 0.220. The fourth-order valence-electron chi connectivity index (χ4n) is 1.40. The van der Waals surface area contributed by atoms with E-state index in [2.05, 4.69) is 37.9 Å². The van der Waals surface area contributed by atoms with Gasteiger partial charge in [-0.3, -0.25) is 0 Å². The molecule has 0 spiro atoms. The maximum absolute atomic E-state index is 11.6. The van der Waals surface area contributed by atoms with Crippen molar-refractivity contribution in [1.29, 1.82) is 0 Å². The molecular formula is C11H18IN3O2S. The molecule has 1 N–H and O–H groups in total. The van der Waals surface area contributed by atoms with Crippen LogP contribution >= 0.6 is 22.6 Å². The second-order valence-corrected chi connectivity index (χ2v) is 7.95. The van der Waals surface area contributed by atoms with Crippen molar-refractivity contribution < 1.29 is 8.42 Å². The first kappa shape index (κ1) is 15.6. The van der Waals surface area contributed by atoms with Gasteiger partial charge in [-0.2, -0.15) is 0 Å². The predicted octanol–water partition coefficient (Wildman–Crippen LogP) is 2.35. The highest BCUT2D eigenvalue weighted by molar-refractivity contribution is 14.1. The summed E-state index contributed by atoms with van der Waals surface area (Å²) in [7, 11) is -1.42. The van der Waals surface area contributed by atoms with E-state index in [9.17, 15) is 8.42 Å². The van der Waals surface area contributed by atoms with E-state index in [-0.39, 0.29) is 5.92 Å². The fraction of sp³-hybridized carbons (Fsp3) is 0.636. The maximum Gasteiger partial charge on any atom is 0.157 e. The largest absolute Gasteiger partial charge is 0.372 e. The van der Waals surface area contributed by atoms with Crippen molar-refractivity contribution in [3.63, 3.8) is 0 Å². The van der Waals surface area contributed by atoms with Crippen molar-refractivity contribution in [2.75, 3.05) is 18.6 Å². The van der Waals surface area contributed by atoms with E-state index < -0.39 is 15.1 Å². The molecule has 0 aromatic carbocycles. The van der Waals surface area contributed by atoms with Crippen LogP contribution in [0.2, 0.25) is 0 Å². The summed E-state index contributed by atoms with van der Waals surface area (Å²) in [4.78, 5) is 8.70. The van der Waals surface area contributed by atoms with Crippen LogP contribution in [-0.2, 0) is 9.84 Å². The van der Waals surface area contributed by atoms with Crippen LogP contribution in [0.15, 0.2) is 0 Å². The summed E-state index contributed by atoms with van der Waals surface area (Å²) in [5.41, 5.74) is 0.875. The minimum atomic E-state index is -3.19. The second-order valence-electron chi connectivity index (χ2n) is 4.51. The monoisotopic (exact) mass is 383 g/mol. The highest BCUT2D eigenvalue weighted by Crippen LogP contribution is 2.28. The molecule has 7 heteroatoms. The van der Waals surface area contributed by atoms with Crippen molar-refractivity contribution in [2.45, 2.75) is 31.9 Å². The molecule has 18 heavy (non-hydrogen) atoms. The molecule has 0 aliphatic carbocycles. The zero-order valence-electron chi connectivity index (χ0n) is 11.2. The van der Waals surface area contributed by atoms with Crippen molar-refractivity contribution in [2.24, 2.45) is 0 Å². The first-order chi connectivity index (χ1) is 8.18. The van der Waals surface area contributed by atoms with Gasteiger partial charge in [0.2, 0.25) is 0 Å². The summed E-state index contributed by atoms with van der Waals surface area (Å²) >= 11 is 2.18. The number of hydrogen-bond donors (Lipinski definition) is 1. The normalized spacial score (nSPS) is 13.7. The summed E-state index contributed by atoms with van der Waals surface area (Å²) in [6.07, 6.45) is 1.20. The zero-order chi connectivity index (χ0) is 14.1. The average molecular weight is 383 g/mol. The van der Waals surface area contributed by atoms with Crippen LogP contribution in [0.25, 0.3) is 0 Å². The molecule has 0 fully saturated rings. The number of halogens is 1. The topological polar surface area (TPSA) is 72.0 Å². The fourth-order valence-corrected chi connectivity index (χ4v) is 3.03. The van der Waals surface area contributed by atoms with E-state index in [1.807, 2.05) is 13.8 Å².